The molecule has 2 N–H and O–H groups in total. The molecular weight excluding hydrogens is 310 g/mol. The highest BCUT2D eigenvalue weighted by Crippen LogP contribution is 2.24. The van der Waals surface area contributed by atoms with Gasteiger partial charge >= 0.3 is 5.97 Å². The Balaban J connectivity index is 2.04. The van der Waals surface area contributed by atoms with E-state index in [4.69, 9.17) is 4.74 Å². The van der Waals surface area contributed by atoms with E-state index in [0.29, 0.717) is 18.7 Å². The third-order valence-electron chi connectivity index (χ3n) is 2.50. The molecule has 19 heavy (non-hydrogen) atoms. The second kappa shape index (κ2) is 6.38. The van der Waals surface area contributed by atoms with E-state index in [1.54, 1.807) is 31.6 Å². The van der Waals surface area contributed by atoms with Gasteiger partial charge in [-0.05, 0) is 41.1 Å². The number of H-pyrrole nitrogens is 1. The molecule has 5 nitrogen and oxygen atoms in total. The Bertz CT molecular complexity index is 555. The highest BCUT2D eigenvalue weighted by molar-refractivity contribution is 9.10. The van der Waals surface area contributed by atoms with Gasteiger partial charge in [0.15, 0.2) is 0 Å². The van der Waals surface area contributed by atoms with Gasteiger partial charge in [-0.3, -0.25) is 0 Å². The van der Waals surface area contributed by atoms with Crippen molar-refractivity contribution in [2.45, 2.75) is 13.5 Å². The molecule has 0 radical (unpaired) electrons. The van der Waals surface area contributed by atoms with Gasteiger partial charge in [-0.2, -0.15) is 0 Å². The fourth-order valence-electron chi connectivity index (χ4n) is 1.57. The van der Waals surface area contributed by atoms with Crippen molar-refractivity contribution in [2.24, 2.45) is 0 Å². The van der Waals surface area contributed by atoms with Crippen LogP contribution in [0.2, 0.25) is 0 Å². The minimum absolute atomic E-state index is 0.316. The van der Waals surface area contributed by atoms with E-state index in [1.165, 1.54) is 0 Å². The maximum absolute atomic E-state index is 11.6. The summed E-state index contributed by atoms with van der Waals surface area (Å²) in [5.41, 5.74) is 2.42. The predicted molar refractivity (Wildman–Crippen MR) is 76.0 cm³/mol. The number of hydrogen-bond donors (Lipinski definition) is 2. The smallest absolute Gasteiger partial charge is 0.338 e. The van der Waals surface area contributed by atoms with Crippen LogP contribution < -0.4 is 5.32 Å². The first-order valence-electron chi connectivity index (χ1n) is 5.88. The van der Waals surface area contributed by atoms with Crippen molar-refractivity contribution in [3.05, 3.63) is 46.5 Å². The van der Waals surface area contributed by atoms with Crippen molar-refractivity contribution in [3.8, 4) is 0 Å². The number of nitrogens with zero attached hydrogens (tertiary/aromatic N) is 1. The third-order valence-corrected chi connectivity index (χ3v) is 3.16. The molecule has 0 atom stereocenters. The fraction of sp³-hybridized carbons (Fsp3) is 0.231. The van der Waals surface area contributed by atoms with Crippen molar-refractivity contribution in [3.63, 3.8) is 0 Å². The molecule has 2 aromatic rings. The number of hydrogen-bond acceptors (Lipinski definition) is 4. The molecule has 0 spiro atoms. The molecule has 1 aromatic carbocycles. The van der Waals surface area contributed by atoms with Crippen LogP contribution >= 0.6 is 15.9 Å². The molecule has 0 amide bonds. The molecule has 2 rings (SSSR count). The molecule has 0 bridgehead atoms. The summed E-state index contributed by atoms with van der Waals surface area (Å²) in [7, 11) is 0. The number of halogens is 1. The van der Waals surface area contributed by atoms with Crippen LogP contribution in [0.4, 0.5) is 5.69 Å². The largest absolute Gasteiger partial charge is 0.462 e. The lowest BCUT2D eigenvalue weighted by Crippen LogP contribution is -2.06. The zero-order chi connectivity index (χ0) is 13.7. The minimum atomic E-state index is -0.316. The quantitative estimate of drug-likeness (QED) is 0.830. The third kappa shape index (κ3) is 3.57. The number of carbonyl (C=O) groups is 1. The maximum Gasteiger partial charge on any atom is 0.338 e. The zero-order valence-corrected chi connectivity index (χ0v) is 12.0. The number of benzene rings is 1. The van der Waals surface area contributed by atoms with Crippen LogP contribution in [0.5, 0.6) is 0 Å². The zero-order valence-electron chi connectivity index (χ0n) is 10.4. The average molecular weight is 324 g/mol. The Morgan fingerprint density at radius 2 is 2.37 bits per heavy atom. The lowest BCUT2D eigenvalue weighted by atomic mass is 10.2. The van der Waals surface area contributed by atoms with Crippen LogP contribution in [0.3, 0.4) is 0 Å². The average Bonchev–Trinajstić information content (AvgIpc) is 2.90. The second-order valence-electron chi connectivity index (χ2n) is 3.85. The summed E-state index contributed by atoms with van der Waals surface area (Å²) in [6, 6.07) is 5.32. The van der Waals surface area contributed by atoms with Gasteiger partial charge in [-0.15, -0.1) is 0 Å². The SMILES string of the molecule is CCOC(=O)c1ccc(NCc2cnc[nH]2)c(Br)c1. The van der Waals surface area contributed by atoms with E-state index < -0.39 is 0 Å². The second-order valence-corrected chi connectivity index (χ2v) is 4.70. The number of rotatable bonds is 5. The summed E-state index contributed by atoms with van der Waals surface area (Å²) >= 11 is 3.43. The monoisotopic (exact) mass is 323 g/mol. The van der Waals surface area contributed by atoms with Gasteiger partial charge in [-0.1, -0.05) is 0 Å². The Morgan fingerprint density at radius 1 is 1.53 bits per heavy atom. The Morgan fingerprint density at radius 3 is 3.00 bits per heavy atom. The van der Waals surface area contributed by atoms with E-state index in [9.17, 15) is 4.79 Å². The van der Waals surface area contributed by atoms with Gasteiger partial charge in [0.2, 0.25) is 0 Å². The molecule has 100 valence electrons. The van der Waals surface area contributed by atoms with Crippen LogP contribution in [-0.2, 0) is 11.3 Å². The van der Waals surface area contributed by atoms with E-state index >= 15 is 0 Å². The lowest BCUT2D eigenvalue weighted by Gasteiger charge is -2.09. The molecule has 0 aliphatic rings. The summed E-state index contributed by atoms with van der Waals surface area (Å²) in [5, 5.41) is 3.24. The van der Waals surface area contributed by atoms with Gasteiger partial charge in [0.05, 0.1) is 30.7 Å². The summed E-state index contributed by atoms with van der Waals surface area (Å²) in [4.78, 5) is 18.5. The van der Waals surface area contributed by atoms with Gasteiger partial charge in [0.25, 0.3) is 0 Å². The van der Waals surface area contributed by atoms with E-state index in [-0.39, 0.29) is 5.97 Å². The number of aromatic nitrogens is 2. The molecular formula is C13H14BrN3O2. The summed E-state index contributed by atoms with van der Waals surface area (Å²) in [6.07, 6.45) is 3.39. The normalized spacial score (nSPS) is 10.2. The standard InChI is InChI=1S/C13H14BrN3O2/c1-2-19-13(18)9-3-4-12(11(14)5-9)16-7-10-6-15-8-17-10/h3-6,8,16H,2,7H2,1H3,(H,15,17). The number of anilines is 1. The van der Waals surface area contributed by atoms with E-state index in [1.807, 2.05) is 6.07 Å². The predicted octanol–water partition coefficient (Wildman–Crippen LogP) is 2.96. The van der Waals surface area contributed by atoms with Crippen molar-refractivity contribution in [2.75, 3.05) is 11.9 Å². The fourth-order valence-corrected chi connectivity index (χ4v) is 2.09. The molecule has 1 aromatic heterocycles. The van der Waals surface area contributed by atoms with E-state index in [0.717, 1.165) is 15.9 Å². The van der Waals surface area contributed by atoms with E-state index in [2.05, 4.69) is 31.2 Å². The first-order chi connectivity index (χ1) is 9.20. The Kier molecular flexibility index (Phi) is 4.57. The molecule has 1 heterocycles. The molecule has 0 fully saturated rings. The first-order valence-corrected chi connectivity index (χ1v) is 6.67. The number of ether oxygens (including phenoxy) is 1. The molecule has 6 heteroatoms. The summed E-state index contributed by atoms with van der Waals surface area (Å²) in [5.74, 6) is -0.316. The van der Waals surface area contributed by atoms with Crippen LogP contribution in [0.1, 0.15) is 23.0 Å². The maximum atomic E-state index is 11.6. The first kappa shape index (κ1) is 13.6. The van der Waals surface area contributed by atoms with Crippen LogP contribution in [0.15, 0.2) is 35.2 Å². The highest BCUT2D eigenvalue weighted by Gasteiger charge is 2.09. The van der Waals surface area contributed by atoms with Crippen LogP contribution in [0, 0.1) is 0 Å². The number of aromatic amines is 1. The Hall–Kier alpha value is -1.82. The van der Waals surface area contributed by atoms with Gasteiger partial charge in [0.1, 0.15) is 0 Å². The van der Waals surface area contributed by atoms with Crippen molar-refractivity contribution in [1.29, 1.82) is 0 Å². The molecule has 0 aliphatic carbocycles. The lowest BCUT2D eigenvalue weighted by molar-refractivity contribution is 0.0526. The van der Waals surface area contributed by atoms with Crippen molar-refractivity contribution < 1.29 is 9.53 Å². The minimum Gasteiger partial charge on any atom is -0.462 e. The summed E-state index contributed by atoms with van der Waals surface area (Å²) in [6.45, 7) is 2.79. The van der Waals surface area contributed by atoms with Gasteiger partial charge < -0.3 is 15.0 Å². The van der Waals surface area contributed by atoms with Crippen LogP contribution in [0.25, 0.3) is 0 Å². The summed E-state index contributed by atoms with van der Waals surface area (Å²) < 4.78 is 5.77. The topological polar surface area (TPSA) is 67.0 Å². The number of nitrogens with one attached hydrogen (secondary N) is 2. The molecule has 0 saturated carbocycles. The molecule has 0 saturated heterocycles. The number of carbonyl (C=O) groups excluding carboxylic acids is 1. The molecule has 0 unspecified atom stereocenters. The Labute approximate surface area is 119 Å². The molecule has 0 aliphatic heterocycles. The van der Waals surface area contributed by atoms with Gasteiger partial charge in [0, 0.05) is 16.4 Å². The number of imidazole rings is 1. The van der Waals surface area contributed by atoms with Gasteiger partial charge in [-0.25, -0.2) is 9.78 Å². The van der Waals surface area contributed by atoms with Crippen molar-refractivity contribution >= 4 is 27.6 Å². The van der Waals surface area contributed by atoms with Crippen molar-refractivity contribution in [1.82, 2.24) is 9.97 Å². The number of esters is 1. The highest BCUT2D eigenvalue weighted by atomic mass is 79.9. The van der Waals surface area contributed by atoms with Crippen LogP contribution in [-0.4, -0.2) is 22.5 Å².